The average Bonchev–Trinajstić information content (AvgIpc) is 2.88. The van der Waals surface area contributed by atoms with E-state index in [-0.39, 0.29) is 10.4 Å². The first-order valence-corrected chi connectivity index (χ1v) is 5.70. The minimum atomic E-state index is -1.14. The van der Waals surface area contributed by atoms with E-state index >= 15 is 0 Å². The van der Waals surface area contributed by atoms with Crippen LogP contribution in [-0.4, -0.2) is 0 Å². The van der Waals surface area contributed by atoms with Crippen molar-refractivity contribution in [1.82, 2.24) is 0 Å². The fourth-order valence-corrected chi connectivity index (χ4v) is 2.83. The lowest BCUT2D eigenvalue weighted by Gasteiger charge is -2.10. The number of hydrogen-bond donors (Lipinski definition) is 0. The van der Waals surface area contributed by atoms with Gasteiger partial charge in [0.1, 0.15) is 5.82 Å². The van der Waals surface area contributed by atoms with Crippen LogP contribution in [0.1, 0.15) is 23.7 Å². The number of alkyl halides is 1. The SMILES string of the molecule is CC1CC1C(Br)c1cc(F)c(F)cc1F. The molecule has 0 heterocycles. The molecule has 2 rings (SSSR count). The smallest absolute Gasteiger partial charge is 0.161 e. The van der Waals surface area contributed by atoms with Crippen LogP contribution in [0.5, 0.6) is 0 Å². The zero-order chi connectivity index (χ0) is 11.2. The molecular formula is C11H10BrF3. The predicted octanol–water partition coefficient (Wildman–Crippen LogP) is 4.20. The third-order valence-electron chi connectivity index (χ3n) is 2.88. The predicted molar refractivity (Wildman–Crippen MR) is 55.3 cm³/mol. The normalized spacial score (nSPS) is 26.5. The topological polar surface area (TPSA) is 0 Å². The molecule has 1 aromatic carbocycles. The molecule has 0 aromatic heterocycles. The van der Waals surface area contributed by atoms with Gasteiger partial charge < -0.3 is 0 Å². The molecule has 1 aliphatic carbocycles. The summed E-state index contributed by atoms with van der Waals surface area (Å²) in [6.45, 7) is 2.05. The summed E-state index contributed by atoms with van der Waals surface area (Å²) >= 11 is 3.33. The second-order valence-corrected chi connectivity index (χ2v) is 5.05. The maximum atomic E-state index is 13.4. The lowest BCUT2D eigenvalue weighted by molar-refractivity contribution is 0.487. The minimum absolute atomic E-state index is 0.211. The van der Waals surface area contributed by atoms with Crippen LogP contribution in [0.25, 0.3) is 0 Å². The molecular weight excluding hydrogens is 269 g/mol. The third-order valence-corrected chi connectivity index (χ3v) is 4.06. The number of rotatable bonds is 2. The van der Waals surface area contributed by atoms with Crippen molar-refractivity contribution in [3.8, 4) is 0 Å². The van der Waals surface area contributed by atoms with E-state index in [2.05, 4.69) is 22.9 Å². The van der Waals surface area contributed by atoms with Crippen molar-refractivity contribution in [2.75, 3.05) is 0 Å². The van der Waals surface area contributed by atoms with Crippen molar-refractivity contribution in [3.05, 3.63) is 35.1 Å². The van der Waals surface area contributed by atoms with Crippen molar-refractivity contribution < 1.29 is 13.2 Å². The summed E-state index contributed by atoms with van der Waals surface area (Å²) in [5.74, 6) is -1.98. The van der Waals surface area contributed by atoms with Crippen LogP contribution in [0.2, 0.25) is 0 Å². The third kappa shape index (κ3) is 2.05. The van der Waals surface area contributed by atoms with Gasteiger partial charge in [-0.3, -0.25) is 0 Å². The van der Waals surface area contributed by atoms with Gasteiger partial charge in [0, 0.05) is 16.5 Å². The van der Waals surface area contributed by atoms with Gasteiger partial charge >= 0.3 is 0 Å². The Morgan fingerprint density at radius 2 is 1.73 bits per heavy atom. The van der Waals surface area contributed by atoms with Gasteiger partial charge in [-0.15, -0.1) is 0 Å². The van der Waals surface area contributed by atoms with Crippen molar-refractivity contribution in [2.45, 2.75) is 18.2 Å². The largest absolute Gasteiger partial charge is 0.207 e. The second kappa shape index (κ2) is 3.81. The van der Waals surface area contributed by atoms with E-state index in [0.29, 0.717) is 17.9 Å². The summed E-state index contributed by atoms with van der Waals surface area (Å²) in [5.41, 5.74) is 0.211. The molecule has 0 bridgehead atoms. The van der Waals surface area contributed by atoms with Crippen molar-refractivity contribution >= 4 is 15.9 Å². The molecule has 1 fully saturated rings. The average molecular weight is 279 g/mol. The van der Waals surface area contributed by atoms with E-state index in [1.807, 2.05) is 0 Å². The van der Waals surface area contributed by atoms with Crippen LogP contribution in [0, 0.1) is 29.3 Å². The highest BCUT2D eigenvalue weighted by Gasteiger charge is 2.40. The van der Waals surface area contributed by atoms with Gasteiger partial charge in [-0.05, 0) is 24.3 Å². The Morgan fingerprint density at radius 1 is 1.20 bits per heavy atom. The molecule has 82 valence electrons. The standard InChI is InChI=1S/C11H10BrF3/c1-5-2-6(5)11(12)7-3-9(14)10(15)4-8(7)13/h3-6,11H,2H2,1H3. The van der Waals surface area contributed by atoms with Gasteiger partial charge in [0.25, 0.3) is 0 Å². The molecule has 1 saturated carbocycles. The highest BCUT2D eigenvalue weighted by molar-refractivity contribution is 9.09. The van der Waals surface area contributed by atoms with E-state index < -0.39 is 17.5 Å². The van der Waals surface area contributed by atoms with Crippen molar-refractivity contribution in [2.24, 2.45) is 11.8 Å². The molecule has 15 heavy (non-hydrogen) atoms. The quantitative estimate of drug-likeness (QED) is 0.562. The minimum Gasteiger partial charge on any atom is -0.207 e. The highest BCUT2D eigenvalue weighted by atomic mass is 79.9. The molecule has 0 amide bonds. The van der Waals surface area contributed by atoms with Gasteiger partial charge in [-0.25, -0.2) is 13.2 Å². The van der Waals surface area contributed by atoms with Crippen LogP contribution in [-0.2, 0) is 0 Å². The summed E-state index contributed by atoms with van der Waals surface area (Å²) in [4.78, 5) is -0.220. The summed E-state index contributed by atoms with van der Waals surface area (Å²) in [5, 5.41) is 0. The Labute approximate surface area is 94.6 Å². The van der Waals surface area contributed by atoms with Crippen LogP contribution in [0.15, 0.2) is 12.1 Å². The summed E-state index contributed by atoms with van der Waals surface area (Å²) in [6.07, 6.45) is 0.994. The number of benzene rings is 1. The summed E-state index contributed by atoms with van der Waals surface area (Å²) < 4.78 is 39.0. The Hall–Kier alpha value is -0.510. The molecule has 0 aliphatic heterocycles. The molecule has 0 N–H and O–H groups in total. The van der Waals surface area contributed by atoms with Gasteiger partial charge in [-0.2, -0.15) is 0 Å². The summed E-state index contributed by atoms with van der Waals surface area (Å²) in [7, 11) is 0. The first kappa shape index (κ1) is 11.0. The zero-order valence-electron chi connectivity index (χ0n) is 8.11. The molecule has 3 atom stereocenters. The molecule has 0 radical (unpaired) electrons. The Kier molecular flexibility index (Phi) is 2.79. The lowest BCUT2D eigenvalue weighted by atomic mass is 10.1. The van der Waals surface area contributed by atoms with Crippen LogP contribution in [0.3, 0.4) is 0 Å². The second-order valence-electron chi connectivity index (χ2n) is 4.07. The molecule has 4 heteroatoms. The van der Waals surface area contributed by atoms with E-state index in [1.165, 1.54) is 0 Å². The lowest BCUT2D eigenvalue weighted by Crippen LogP contribution is -2.00. The van der Waals surface area contributed by atoms with E-state index in [1.54, 1.807) is 0 Å². The van der Waals surface area contributed by atoms with Crippen LogP contribution in [0.4, 0.5) is 13.2 Å². The van der Waals surface area contributed by atoms with Gasteiger partial charge in [0.05, 0.1) is 0 Å². The number of halogens is 4. The maximum absolute atomic E-state index is 13.4. The van der Waals surface area contributed by atoms with E-state index in [9.17, 15) is 13.2 Å². The Balaban J connectivity index is 2.31. The van der Waals surface area contributed by atoms with Crippen LogP contribution < -0.4 is 0 Å². The summed E-state index contributed by atoms with van der Waals surface area (Å²) in [6, 6.07) is 1.54. The zero-order valence-corrected chi connectivity index (χ0v) is 9.69. The van der Waals surface area contributed by atoms with Crippen molar-refractivity contribution in [1.29, 1.82) is 0 Å². The Bertz CT molecular complexity index is 392. The highest BCUT2D eigenvalue weighted by Crippen LogP contribution is 2.51. The molecule has 3 unspecified atom stereocenters. The van der Waals surface area contributed by atoms with Gasteiger partial charge in [-0.1, -0.05) is 22.9 Å². The molecule has 1 aromatic rings. The van der Waals surface area contributed by atoms with Gasteiger partial charge in [0.15, 0.2) is 11.6 Å². The molecule has 0 saturated heterocycles. The van der Waals surface area contributed by atoms with E-state index in [4.69, 9.17) is 0 Å². The maximum Gasteiger partial charge on any atom is 0.161 e. The first-order valence-electron chi connectivity index (χ1n) is 4.79. The first-order chi connectivity index (χ1) is 7.00. The molecule has 0 nitrogen and oxygen atoms in total. The molecule has 0 spiro atoms. The van der Waals surface area contributed by atoms with Crippen LogP contribution >= 0.6 is 15.9 Å². The van der Waals surface area contributed by atoms with Crippen molar-refractivity contribution in [3.63, 3.8) is 0 Å². The fourth-order valence-electron chi connectivity index (χ4n) is 1.74. The Morgan fingerprint density at radius 3 is 2.27 bits per heavy atom. The van der Waals surface area contributed by atoms with E-state index in [0.717, 1.165) is 12.5 Å². The fraction of sp³-hybridized carbons (Fsp3) is 0.455. The molecule has 1 aliphatic rings. The number of hydrogen-bond acceptors (Lipinski definition) is 0. The monoisotopic (exact) mass is 278 g/mol. The van der Waals surface area contributed by atoms with Gasteiger partial charge in [0.2, 0.25) is 0 Å².